The van der Waals surface area contributed by atoms with Gasteiger partial charge < -0.3 is 5.73 Å². The molecule has 0 rings (SSSR count). The Morgan fingerprint density at radius 3 is 2.75 bits per heavy atom. The molecule has 0 aliphatic rings. The Bertz CT molecular complexity index is 122. The lowest BCUT2D eigenvalue weighted by Gasteiger charge is -1.78. The van der Waals surface area contributed by atoms with Gasteiger partial charge in [0.15, 0.2) is 0 Å². The first kappa shape index (κ1) is 6.95. The molecule has 2 nitrogen and oxygen atoms in total. The molecular weight excluding hydrogens is 100 g/mol. The highest BCUT2D eigenvalue weighted by Gasteiger charge is 1.67. The molecule has 0 radical (unpaired) electrons. The summed E-state index contributed by atoms with van der Waals surface area (Å²) in [5.41, 5.74) is 5.91. The zero-order valence-corrected chi connectivity index (χ0v) is 4.96. The molecule has 0 saturated carbocycles. The molecule has 0 aliphatic carbocycles. The SMILES string of the molecule is C=C(C)C=N/C=C\N. The Hall–Kier alpha value is -1.05. The third kappa shape index (κ3) is 4.95. The molecule has 8 heavy (non-hydrogen) atoms. The van der Waals surface area contributed by atoms with Gasteiger partial charge in [-0.25, -0.2) is 0 Å². The molecule has 0 heterocycles. The number of rotatable bonds is 2. The first-order chi connectivity index (χ1) is 3.77. The van der Waals surface area contributed by atoms with Gasteiger partial charge in [-0.3, -0.25) is 4.99 Å². The van der Waals surface area contributed by atoms with Crippen molar-refractivity contribution < 1.29 is 0 Å². The molecule has 0 bridgehead atoms. The second-order valence-electron chi connectivity index (χ2n) is 1.47. The third-order valence-corrected chi connectivity index (χ3v) is 0.467. The normalized spacial score (nSPS) is 11.1. The van der Waals surface area contributed by atoms with E-state index in [0.29, 0.717) is 0 Å². The summed E-state index contributed by atoms with van der Waals surface area (Å²) in [5.74, 6) is 0. The van der Waals surface area contributed by atoms with E-state index in [2.05, 4.69) is 11.6 Å². The van der Waals surface area contributed by atoms with Crippen LogP contribution in [0.5, 0.6) is 0 Å². The van der Waals surface area contributed by atoms with Gasteiger partial charge in [-0.15, -0.1) is 0 Å². The van der Waals surface area contributed by atoms with Gasteiger partial charge in [0.05, 0.1) is 0 Å². The number of hydrogen-bond acceptors (Lipinski definition) is 2. The maximum atomic E-state index is 4.99. The van der Waals surface area contributed by atoms with Crippen LogP contribution in [0.25, 0.3) is 0 Å². The van der Waals surface area contributed by atoms with E-state index in [0.717, 1.165) is 5.57 Å². The van der Waals surface area contributed by atoms with Gasteiger partial charge in [0.25, 0.3) is 0 Å². The molecule has 44 valence electrons. The van der Waals surface area contributed by atoms with Crippen molar-refractivity contribution >= 4 is 6.21 Å². The molecule has 0 amide bonds. The van der Waals surface area contributed by atoms with Gasteiger partial charge in [-0.1, -0.05) is 6.58 Å². The highest BCUT2D eigenvalue weighted by Crippen LogP contribution is 1.78. The van der Waals surface area contributed by atoms with Crippen molar-refractivity contribution in [2.24, 2.45) is 10.7 Å². The number of nitrogens with two attached hydrogens (primary N) is 1. The van der Waals surface area contributed by atoms with Gasteiger partial charge in [0.1, 0.15) is 0 Å². The lowest BCUT2D eigenvalue weighted by Crippen LogP contribution is -1.75. The highest BCUT2D eigenvalue weighted by molar-refractivity contribution is 5.77. The summed E-state index contributed by atoms with van der Waals surface area (Å²) >= 11 is 0. The lowest BCUT2D eigenvalue weighted by atomic mass is 10.4. The summed E-state index contributed by atoms with van der Waals surface area (Å²) in [4.78, 5) is 3.76. The number of allylic oxidation sites excluding steroid dienone is 1. The second-order valence-corrected chi connectivity index (χ2v) is 1.47. The van der Waals surface area contributed by atoms with Gasteiger partial charge in [-0.05, 0) is 12.5 Å². The van der Waals surface area contributed by atoms with E-state index in [1.807, 2.05) is 6.92 Å². The predicted molar refractivity (Wildman–Crippen MR) is 36.6 cm³/mol. The molecule has 0 aromatic carbocycles. The minimum Gasteiger partial charge on any atom is -0.403 e. The number of nitrogens with zero attached hydrogens (tertiary/aromatic N) is 1. The molecule has 0 aromatic heterocycles. The average molecular weight is 110 g/mol. The fourth-order valence-corrected chi connectivity index (χ4v) is 0.220. The van der Waals surface area contributed by atoms with E-state index in [4.69, 9.17) is 5.73 Å². The zero-order chi connectivity index (χ0) is 6.41. The van der Waals surface area contributed by atoms with Gasteiger partial charge >= 0.3 is 0 Å². The number of aliphatic imine (C=N–C) groups is 1. The minimum atomic E-state index is 0.920. The van der Waals surface area contributed by atoms with E-state index >= 15 is 0 Å². The van der Waals surface area contributed by atoms with E-state index < -0.39 is 0 Å². The summed E-state index contributed by atoms with van der Waals surface area (Å²) in [6, 6.07) is 0. The van der Waals surface area contributed by atoms with Crippen LogP contribution in [0.3, 0.4) is 0 Å². The summed E-state index contributed by atoms with van der Waals surface area (Å²) in [7, 11) is 0. The standard InChI is InChI=1S/C6H10N2/c1-6(2)5-8-4-3-7/h3-5H,1,7H2,2H3/b4-3-,8-5?. The predicted octanol–water partition coefficient (Wildman–Crippen LogP) is 1.06. The largest absolute Gasteiger partial charge is 0.403 e. The number of hydrogen-bond donors (Lipinski definition) is 1. The molecule has 2 heteroatoms. The van der Waals surface area contributed by atoms with Crippen LogP contribution in [0.2, 0.25) is 0 Å². The van der Waals surface area contributed by atoms with Crippen molar-refractivity contribution in [2.45, 2.75) is 6.92 Å². The quantitative estimate of drug-likeness (QED) is 0.530. The summed E-state index contributed by atoms with van der Waals surface area (Å²) in [6.07, 6.45) is 4.53. The summed E-state index contributed by atoms with van der Waals surface area (Å²) < 4.78 is 0. The molecule has 0 spiro atoms. The van der Waals surface area contributed by atoms with Crippen LogP contribution < -0.4 is 5.73 Å². The van der Waals surface area contributed by atoms with Crippen molar-refractivity contribution in [3.63, 3.8) is 0 Å². The fraction of sp³-hybridized carbons (Fsp3) is 0.167. The highest BCUT2D eigenvalue weighted by atomic mass is 14.7. The summed E-state index contributed by atoms with van der Waals surface area (Å²) in [5, 5.41) is 0. The Labute approximate surface area is 49.4 Å². The van der Waals surface area contributed by atoms with Crippen LogP contribution in [-0.4, -0.2) is 6.21 Å². The average Bonchev–Trinajstić information content (AvgIpc) is 1.66. The van der Waals surface area contributed by atoms with Crippen LogP contribution in [-0.2, 0) is 0 Å². The first-order valence-electron chi connectivity index (χ1n) is 2.33. The molecular formula is C6H10N2. The first-order valence-corrected chi connectivity index (χ1v) is 2.33. The minimum absolute atomic E-state index is 0.920. The molecule has 0 unspecified atom stereocenters. The Balaban J connectivity index is 3.50. The molecule has 0 aliphatic heterocycles. The topological polar surface area (TPSA) is 38.4 Å². The van der Waals surface area contributed by atoms with Gasteiger partial charge in [-0.2, -0.15) is 0 Å². The van der Waals surface area contributed by atoms with Crippen molar-refractivity contribution in [1.82, 2.24) is 0 Å². The monoisotopic (exact) mass is 110 g/mol. The van der Waals surface area contributed by atoms with Gasteiger partial charge in [0, 0.05) is 18.6 Å². The van der Waals surface area contributed by atoms with Crippen LogP contribution in [0, 0.1) is 0 Å². The van der Waals surface area contributed by atoms with E-state index in [1.54, 1.807) is 6.21 Å². The van der Waals surface area contributed by atoms with Crippen LogP contribution >= 0.6 is 0 Å². The van der Waals surface area contributed by atoms with E-state index in [1.165, 1.54) is 12.4 Å². The maximum absolute atomic E-state index is 4.99. The van der Waals surface area contributed by atoms with Crippen molar-refractivity contribution in [1.29, 1.82) is 0 Å². The second kappa shape index (κ2) is 4.12. The van der Waals surface area contributed by atoms with Crippen LogP contribution in [0.4, 0.5) is 0 Å². The molecule has 0 atom stereocenters. The molecule has 0 fully saturated rings. The van der Waals surface area contributed by atoms with Crippen molar-refractivity contribution in [3.8, 4) is 0 Å². The Morgan fingerprint density at radius 2 is 2.38 bits per heavy atom. The fourth-order valence-electron chi connectivity index (χ4n) is 0.220. The Morgan fingerprint density at radius 1 is 1.75 bits per heavy atom. The molecule has 0 aromatic rings. The molecule has 0 saturated heterocycles. The van der Waals surface area contributed by atoms with Crippen molar-refractivity contribution in [3.05, 3.63) is 24.6 Å². The van der Waals surface area contributed by atoms with E-state index in [-0.39, 0.29) is 0 Å². The zero-order valence-electron chi connectivity index (χ0n) is 4.96. The van der Waals surface area contributed by atoms with Crippen LogP contribution in [0.15, 0.2) is 29.5 Å². The van der Waals surface area contributed by atoms with E-state index in [9.17, 15) is 0 Å². The Kier molecular flexibility index (Phi) is 3.58. The lowest BCUT2D eigenvalue weighted by molar-refractivity contribution is 1.48. The third-order valence-electron chi connectivity index (χ3n) is 0.467. The summed E-state index contributed by atoms with van der Waals surface area (Å²) in [6.45, 7) is 5.47. The molecule has 2 N–H and O–H groups in total. The van der Waals surface area contributed by atoms with Crippen LogP contribution in [0.1, 0.15) is 6.92 Å². The maximum Gasteiger partial charge on any atom is 0.0422 e. The smallest absolute Gasteiger partial charge is 0.0422 e. The van der Waals surface area contributed by atoms with Gasteiger partial charge in [0.2, 0.25) is 0 Å². The van der Waals surface area contributed by atoms with Crippen molar-refractivity contribution in [2.75, 3.05) is 0 Å².